The van der Waals surface area contributed by atoms with Crippen molar-refractivity contribution in [3.8, 4) is 0 Å². The predicted octanol–water partition coefficient (Wildman–Crippen LogP) is 11.2. The molecule has 5 rings (SSSR count). The van der Waals surface area contributed by atoms with Gasteiger partial charge in [0.05, 0.1) is 0 Å². The summed E-state index contributed by atoms with van der Waals surface area (Å²) in [5.41, 5.74) is 17.8. The van der Waals surface area contributed by atoms with Crippen LogP contribution in [0.1, 0.15) is 132 Å². The summed E-state index contributed by atoms with van der Waals surface area (Å²) in [7, 11) is 6.60. The zero-order valence-electron chi connectivity index (χ0n) is 29.0. The van der Waals surface area contributed by atoms with E-state index >= 15 is 0 Å². The third-order valence-corrected chi connectivity index (χ3v) is 12.1. The summed E-state index contributed by atoms with van der Waals surface area (Å²) in [6.07, 6.45) is 13.0. The van der Waals surface area contributed by atoms with Gasteiger partial charge in [0.15, 0.2) is 0 Å². The number of benzene rings is 1. The third-order valence-electron chi connectivity index (χ3n) is 12.1. The Morgan fingerprint density at radius 3 is 2.21 bits per heavy atom. The lowest BCUT2D eigenvalue weighted by atomic mass is 9.64. The second-order valence-electron chi connectivity index (χ2n) is 16.2. The van der Waals surface area contributed by atoms with E-state index in [0.29, 0.717) is 23.7 Å². The molecule has 1 aromatic carbocycles. The van der Waals surface area contributed by atoms with E-state index in [4.69, 9.17) is 7.85 Å². The molecular weight excluding hydrogens is 503 g/mol. The van der Waals surface area contributed by atoms with E-state index in [9.17, 15) is 0 Å². The van der Waals surface area contributed by atoms with E-state index in [1.54, 1.807) is 33.4 Å². The normalized spacial score (nSPS) is 27.7. The molecule has 4 aliphatic rings. The fourth-order valence-electron chi connectivity index (χ4n) is 8.48. The molecule has 0 aliphatic heterocycles. The molecule has 1 heteroatoms. The fraction of sp³-hybridized carbons (Fsp3) is 0.561. The van der Waals surface area contributed by atoms with Crippen molar-refractivity contribution < 1.29 is 0 Å². The first kappa shape index (κ1) is 31.2. The van der Waals surface area contributed by atoms with Crippen LogP contribution < -0.4 is 0 Å². The van der Waals surface area contributed by atoms with Crippen LogP contribution >= 0.6 is 0 Å². The molecule has 4 aliphatic carbocycles. The second kappa shape index (κ2) is 10.4. The van der Waals surface area contributed by atoms with Gasteiger partial charge in [-0.25, -0.2) is 0 Å². The molecule has 0 bridgehead atoms. The Balaban J connectivity index is 1.75. The van der Waals surface area contributed by atoms with Crippen molar-refractivity contribution in [2.45, 2.75) is 126 Å². The topological polar surface area (TPSA) is 0 Å². The van der Waals surface area contributed by atoms with Gasteiger partial charge in [0.1, 0.15) is 7.85 Å². The van der Waals surface area contributed by atoms with Crippen molar-refractivity contribution in [3.63, 3.8) is 0 Å². The van der Waals surface area contributed by atoms with Crippen LogP contribution in [0.2, 0.25) is 0 Å². The van der Waals surface area contributed by atoms with Crippen LogP contribution in [0.15, 0.2) is 75.3 Å². The van der Waals surface area contributed by atoms with Gasteiger partial charge in [-0.1, -0.05) is 135 Å². The lowest BCUT2D eigenvalue weighted by Gasteiger charge is -2.39. The summed E-state index contributed by atoms with van der Waals surface area (Å²) >= 11 is 0. The van der Waals surface area contributed by atoms with Crippen LogP contribution in [-0.4, -0.2) is 7.85 Å². The zero-order chi connectivity index (χ0) is 31.1. The Bertz CT molecular complexity index is 1500. The van der Waals surface area contributed by atoms with Crippen LogP contribution in [0.25, 0.3) is 5.57 Å². The molecule has 0 heterocycles. The van der Waals surface area contributed by atoms with Crippen molar-refractivity contribution in [1.29, 1.82) is 0 Å². The minimum absolute atomic E-state index is 0.0190. The highest BCUT2D eigenvalue weighted by Crippen LogP contribution is 2.58. The van der Waals surface area contributed by atoms with Gasteiger partial charge in [-0.3, -0.25) is 0 Å². The molecule has 42 heavy (non-hydrogen) atoms. The lowest BCUT2D eigenvalue weighted by Crippen LogP contribution is -2.30. The summed E-state index contributed by atoms with van der Waals surface area (Å²) in [5.74, 6) is 1.90. The monoisotopic (exact) mass is 558 g/mol. The zero-order valence-corrected chi connectivity index (χ0v) is 29.0. The Morgan fingerprint density at radius 2 is 1.57 bits per heavy atom. The minimum atomic E-state index is -0.0829. The van der Waals surface area contributed by atoms with Crippen LogP contribution in [0.3, 0.4) is 0 Å². The van der Waals surface area contributed by atoms with Gasteiger partial charge in [-0.15, -0.1) is 5.47 Å². The number of rotatable bonds is 4. The smallest absolute Gasteiger partial charge is 0.108 e. The maximum absolute atomic E-state index is 6.60. The average Bonchev–Trinajstić information content (AvgIpc) is 3.16. The predicted molar refractivity (Wildman–Crippen MR) is 185 cm³/mol. The molecule has 1 aromatic rings. The van der Waals surface area contributed by atoms with Crippen molar-refractivity contribution in [2.24, 2.45) is 23.7 Å². The van der Waals surface area contributed by atoms with Crippen LogP contribution in [0, 0.1) is 23.7 Å². The maximum atomic E-state index is 6.60. The van der Waals surface area contributed by atoms with Crippen LogP contribution in [0.5, 0.6) is 0 Å². The number of fused-ring (bicyclic) bond motifs is 2. The Kier molecular flexibility index (Phi) is 7.73. The number of allylic oxidation sites excluding steroid dienone is 12. The molecule has 0 nitrogen and oxygen atoms in total. The molecule has 222 valence electrons. The molecule has 2 radical (unpaired) electrons. The third kappa shape index (κ3) is 4.73. The summed E-state index contributed by atoms with van der Waals surface area (Å²) in [6, 6.07) is 5.17. The molecule has 0 fully saturated rings. The quantitative estimate of drug-likeness (QED) is 0.323. The van der Waals surface area contributed by atoms with Gasteiger partial charge < -0.3 is 0 Å². The molecule has 4 atom stereocenters. The van der Waals surface area contributed by atoms with Crippen molar-refractivity contribution >= 4 is 13.4 Å². The Hall–Kier alpha value is -2.28. The van der Waals surface area contributed by atoms with Crippen molar-refractivity contribution in [1.82, 2.24) is 0 Å². The van der Waals surface area contributed by atoms with Gasteiger partial charge in [0.25, 0.3) is 0 Å². The van der Waals surface area contributed by atoms with E-state index in [1.807, 2.05) is 0 Å². The van der Waals surface area contributed by atoms with E-state index in [-0.39, 0.29) is 16.2 Å². The molecule has 0 saturated carbocycles. The summed E-state index contributed by atoms with van der Waals surface area (Å²) in [6.45, 7) is 31.2. The first-order chi connectivity index (χ1) is 19.4. The highest BCUT2D eigenvalue weighted by atomic mass is 14.5. The van der Waals surface area contributed by atoms with Gasteiger partial charge in [-0.05, 0) is 101 Å². The standard InChI is InChI=1S/C41H55B/c1-23-16-14-18-32(24(23)2)40(10,11)34-21-30(39(7,8)9)22-35-37(34)36-29(17-15-19-33(36)41(35,12)13)20-31-25(3)27(5)38(42)28(6)26(31)4/h14,16-18,21-25,27H,15,19-20H2,1-13H3. The molecule has 0 aromatic heterocycles. The summed E-state index contributed by atoms with van der Waals surface area (Å²) < 4.78 is 0. The largest absolute Gasteiger partial charge is 0.111 e. The van der Waals surface area contributed by atoms with E-state index in [0.717, 1.165) is 24.7 Å². The Labute approximate surface area is 259 Å². The van der Waals surface area contributed by atoms with Crippen molar-refractivity contribution in [2.75, 3.05) is 0 Å². The van der Waals surface area contributed by atoms with E-state index in [2.05, 4.69) is 126 Å². The molecule has 4 unspecified atom stereocenters. The first-order valence-electron chi connectivity index (χ1n) is 16.6. The molecule has 0 amide bonds. The van der Waals surface area contributed by atoms with Gasteiger partial charge in [0, 0.05) is 10.8 Å². The van der Waals surface area contributed by atoms with Gasteiger partial charge >= 0.3 is 0 Å². The highest BCUT2D eigenvalue weighted by molar-refractivity contribution is 6.22. The molecular formula is C41H55B. The first-order valence-corrected chi connectivity index (χ1v) is 16.6. The van der Waals surface area contributed by atoms with Crippen LogP contribution in [-0.2, 0) is 16.2 Å². The summed E-state index contributed by atoms with van der Waals surface area (Å²) in [4.78, 5) is 0. The highest BCUT2D eigenvalue weighted by Gasteiger charge is 2.45. The van der Waals surface area contributed by atoms with E-state index in [1.165, 1.54) is 27.8 Å². The van der Waals surface area contributed by atoms with Crippen LogP contribution in [0.4, 0.5) is 0 Å². The lowest BCUT2D eigenvalue weighted by molar-refractivity contribution is 0.440. The number of hydrogen-bond donors (Lipinski definition) is 0. The minimum Gasteiger partial charge on any atom is -0.111 e. The van der Waals surface area contributed by atoms with Gasteiger partial charge in [-0.2, -0.15) is 0 Å². The maximum Gasteiger partial charge on any atom is 0.108 e. The van der Waals surface area contributed by atoms with E-state index < -0.39 is 0 Å². The average molecular weight is 559 g/mol. The summed E-state index contributed by atoms with van der Waals surface area (Å²) in [5, 5.41) is 0. The second-order valence-corrected chi connectivity index (χ2v) is 16.2. The number of hydrogen-bond acceptors (Lipinski definition) is 0. The van der Waals surface area contributed by atoms with Crippen molar-refractivity contribution in [3.05, 3.63) is 97.6 Å². The molecule has 0 saturated heterocycles. The SMILES string of the molecule is [B]C1=C(C)C(C)=C(CC2=CCCC3=C2c2c(C(C)(C)C4=CC=CC(C)C4C)cc(C(C)(C)C)cc2C3(C)C)C(C)C1C. The molecule has 0 spiro atoms. The molecule has 0 N–H and O–H groups in total. The van der Waals surface area contributed by atoms with Gasteiger partial charge in [0.2, 0.25) is 0 Å². The Morgan fingerprint density at radius 1 is 0.905 bits per heavy atom. The fourth-order valence-corrected chi connectivity index (χ4v) is 8.48.